The van der Waals surface area contributed by atoms with Crippen LogP contribution >= 0.6 is 0 Å². The number of esters is 1. The summed E-state index contributed by atoms with van der Waals surface area (Å²) in [4.78, 5) is 28.8. The Bertz CT molecular complexity index is 926. The maximum atomic E-state index is 12.8. The summed E-state index contributed by atoms with van der Waals surface area (Å²) in [7, 11) is 0. The van der Waals surface area contributed by atoms with Crippen LogP contribution in [0.5, 0.6) is 0 Å². The minimum Gasteiger partial charge on any atom is -0.460 e. The Kier molecular flexibility index (Phi) is 5.90. The van der Waals surface area contributed by atoms with E-state index in [9.17, 15) is 9.59 Å². The van der Waals surface area contributed by atoms with Crippen molar-refractivity contribution in [1.29, 1.82) is 0 Å². The number of carbonyl (C=O) groups excluding carboxylic acids is 2. The van der Waals surface area contributed by atoms with Crippen LogP contribution in [0.4, 0.5) is 0 Å². The minimum absolute atomic E-state index is 0.0121. The highest BCUT2D eigenvalue weighted by molar-refractivity contribution is 5.97. The van der Waals surface area contributed by atoms with Gasteiger partial charge in [0, 0.05) is 32.7 Å². The number of ether oxygens (including phenoxy) is 2. The number of aryl methyl sites for hydroxylation is 3. The van der Waals surface area contributed by atoms with Crippen LogP contribution < -0.4 is 5.32 Å². The van der Waals surface area contributed by atoms with Gasteiger partial charge in [0.25, 0.3) is 5.91 Å². The molecular formula is C21H28N4O5. The zero-order valence-corrected chi connectivity index (χ0v) is 17.5. The molecule has 2 aliphatic heterocycles. The van der Waals surface area contributed by atoms with Crippen LogP contribution in [0.3, 0.4) is 0 Å². The molecule has 9 heteroatoms. The zero-order valence-electron chi connectivity index (χ0n) is 17.5. The van der Waals surface area contributed by atoms with Crippen molar-refractivity contribution < 1.29 is 23.5 Å². The Morgan fingerprint density at radius 2 is 2.17 bits per heavy atom. The van der Waals surface area contributed by atoms with Gasteiger partial charge in [0.2, 0.25) is 5.76 Å². The van der Waals surface area contributed by atoms with Gasteiger partial charge in [-0.3, -0.25) is 9.48 Å². The fourth-order valence-corrected chi connectivity index (χ4v) is 4.30. The first-order valence-corrected chi connectivity index (χ1v) is 10.5. The molecule has 1 fully saturated rings. The summed E-state index contributed by atoms with van der Waals surface area (Å²) in [5.41, 5.74) is 3.05. The van der Waals surface area contributed by atoms with Gasteiger partial charge in [0.05, 0.1) is 29.3 Å². The fraction of sp³-hybridized carbons (Fsp3) is 0.619. The number of hydrogen-bond donors (Lipinski definition) is 1. The molecule has 1 N–H and O–H groups in total. The van der Waals surface area contributed by atoms with Crippen LogP contribution in [-0.2, 0) is 28.9 Å². The first kappa shape index (κ1) is 20.6. The molecule has 30 heavy (non-hydrogen) atoms. The summed E-state index contributed by atoms with van der Waals surface area (Å²) in [6, 6.07) is 0. The van der Waals surface area contributed by atoms with Crippen LogP contribution in [0.2, 0.25) is 0 Å². The molecule has 0 bridgehead atoms. The highest BCUT2D eigenvalue weighted by Crippen LogP contribution is 2.37. The molecule has 0 aromatic carbocycles. The molecule has 0 radical (unpaired) electrons. The van der Waals surface area contributed by atoms with Crippen LogP contribution in [0.25, 0.3) is 0 Å². The maximum Gasteiger partial charge on any atom is 0.376 e. The smallest absolute Gasteiger partial charge is 0.376 e. The normalized spacial score (nSPS) is 18.0. The summed E-state index contributed by atoms with van der Waals surface area (Å²) in [6.07, 6.45) is 5.16. The Morgan fingerprint density at radius 1 is 1.37 bits per heavy atom. The number of aromatic nitrogens is 3. The van der Waals surface area contributed by atoms with Gasteiger partial charge in [-0.15, -0.1) is 0 Å². The van der Waals surface area contributed by atoms with E-state index < -0.39 is 5.97 Å². The number of hydrogen-bond acceptors (Lipinski definition) is 7. The highest BCUT2D eigenvalue weighted by atomic mass is 16.5. The van der Waals surface area contributed by atoms with Crippen molar-refractivity contribution in [2.45, 2.75) is 52.5 Å². The molecule has 0 saturated carbocycles. The Labute approximate surface area is 175 Å². The number of fused-ring (bicyclic) bond motifs is 1. The van der Waals surface area contributed by atoms with Crippen LogP contribution in [-0.4, -0.2) is 53.0 Å². The van der Waals surface area contributed by atoms with Crippen LogP contribution in [0, 0.1) is 12.3 Å². The van der Waals surface area contributed by atoms with Gasteiger partial charge in [-0.2, -0.15) is 5.10 Å². The summed E-state index contributed by atoms with van der Waals surface area (Å²) >= 11 is 0. The molecule has 1 amide bonds. The van der Waals surface area contributed by atoms with Gasteiger partial charge in [-0.1, -0.05) is 6.92 Å². The van der Waals surface area contributed by atoms with E-state index in [0.29, 0.717) is 31.6 Å². The lowest BCUT2D eigenvalue weighted by Gasteiger charge is -2.36. The molecule has 2 aromatic heterocycles. The van der Waals surface area contributed by atoms with E-state index in [1.165, 1.54) is 6.39 Å². The number of nitrogens with zero attached hydrogens (tertiary/aromatic N) is 3. The van der Waals surface area contributed by atoms with E-state index in [1.54, 1.807) is 6.92 Å². The average Bonchev–Trinajstić information content (AvgIpc) is 3.29. The Morgan fingerprint density at radius 3 is 2.87 bits per heavy atom. The fourth-order valence-electron chi connectivity index (χ4n) is 4.30. The van der Waals surface area contributed by atoms with Crippen LogP contribution in [0.1, 0.15) is 64.2 Å². The lowest BCUT2D eigenvalue weighted by Crippen LogP contribution is -2.40. The third-order valence-electron chi connectivity index (χ3n) is 6.09. The van der Waals surface area contributed by atoms with Crippen LogP contribution in [0.15, 0.2) is 10.8 Å². The van der Waals surface area contributed by atoms with E-state index in [1.807, 2.05) is 11.6 Å². The molecule has 4 rings (SSSR count). The predicted octanol–water partition coefficient (Wildman–Crippen LogP) is 2.07. The first-order valence-electron chi connectivity index (χ1n) is 10.5. The molecule has 2 aromatic rings. The van der Waals surface area contributed by atoms with E-state index in [0.717, 1.165) is 49.4 Å². The van der Waals surface area contributed by atoms with Gasteiger partial charge in [-0.25, -0.2) is 9.78 Å². The molecule has 0 aliphatic carbocycles. The second-order valence-electron chi connectivity index (χ2n) is 8.07. The lowest BCUT2D eigenvalue weighted by molar-refractivity contribution is 0.0152. The van der Waals surface area contributed by atoms with E-state index in [-0.39, 0.29) is 23.7 Å². The first-order chi connectivity index (χ1) is 14.5. The van der Waals surface area contributed by atoms with E-state index in [2.05, 4.69) is 10.3 Å². The number of nitrogens with one attached hydrogen (secondary N) is 1. The molecule has 162 valence electrons. The largest absolute Gasteiger partial charge is 0.460 e. The molecule has 4 heterocycles. The number of amides is 1. The monoisotopic (exact) mass is 416 g/mol. The van der Waals surface area contributed by atoms with E-state index >= 15 is 0 Å². The van der Waals surface area contributed by atoms with Crippen molar-refractivity contribution in [2.75, 3.05) is 26.4 Å². The minimum atomic E-state index is -0.515. The van der Waals surface area contributed by atoms with Gasteiger partial charge in [-0.05, 0) is 38.0 Å². The molecule has 0 unspecified atom stereocenters. The molecule has 1 saturated heterocycles. The van der Waals surface area contributed by atoms with Crippen molar-refractivity contribution in [3.8, 4) is 0 Å². The van der Waals surface area contributed by atoms with Gasteiger partial charge < -0.3 is 19.2 Å². The average molecular weight is 416 g/mol. The number of rotatable bonds is 6. The third kappa shape index (κ3) is 3.98. The topological polar surface area (TPSA) is 108 Å². The number of carbonyl (C=O) groups is 2. The molecule has 0 atom stereocenters. The van der Waals surface area contributed by atoms with E-state index in [4.69, 9.17) is 19.0 Å². The molecule has 9 nitrogen and oxygen atoms in total. The second kappa shape index (κ2) is 8.59. The second-order valence-corrected chi connectivity index (χ2v) is 8.07. The number of oxazole rings is 1. The third-order valence-corrected chi connectivity index (χ3v) is 6.09. The standard InChI is InChI=1S/C21H28N4O5/c1-3-15-17-16(11-21(12-22-19(17)26)5-9-28-10-6-21)25(24-15)7-4-8-29-20(27)18-14(2)23-13-30-18/h13H,3-12H2,1-2H3,(H,22,26). The molecular weight excluding hydrogens is 388 g/mol. The van der Waals surface area contributed by atoms with Gasteiger partial charge in [0.15, 0.2) is 6.39 Å². The van der Waals surface area contributed by atoms with Gasteiger partial charge >= 0.3 is 5.97 Å². The molecule has 2 aliphatic rings. The summed E-state index contributed by atoms with van der Waals surface area (Å²) in [5, 5.41) is 7.84. The molecule has 1 spiro atoms. The summed E-state index contributed by atoms with van der Waals surface area (Å²) in [5.74, 6) is -0.419. The maximum absolute atomic E-state index is 12.8. The SMILES string of the molecule is CCc1nn(CCCOC(=O)c2ocnc2C)c2c1C(=O)NCC1(CCOCC1)C2. The Hall–Kier alpha value is -2.68. The summed E-state index contributed by atoms with van der Waals surface area (Å²) in [6.45, 7) is 6.62. The van der Waals surface area contributed by atoms with Crippen molar-refractivity contribution >= 4 is 11.9 Å². The van der Waals surface area contributed by atoms with Crippen molar-refractivity contribution in [3.05, 3.63) is 34.8 Å². The van der Waals surface area contributed by atoms with Crippen molar-refractivity contribution in [2.24, 2.45) is 5.41 Å². The lowest BCUT2D eigenvalue weighted by atomic mass is 9.76. The van der Waals surface area contributed by atoms with Crippen molar-refractivity contribution in [1.82, 2.24) is 20.1 Å². The zero-order chi connectivity index (χ0) is 21.1. The van der Waals surface area contributed by atoms with Gasteiger partial charge in [0.1, 0.15) is 0 Å². The highest BCUT2D eigenvalue weighted by Gasteiger charge is 2.39. The Balaban J connectivity index is 1.47. The predicted molar refractivity (Wildman–Crippen MR) is 106 cm³/mol. The van der Waals surface area contributed by atoms with Crippen molar-refractivity contribution in [3.63, 3.8) is 0 Å². The quantitative estimate of drug-likeness (QED) is 0.567. The summed E-state index contributed by atoms with van der Waals surface area (Å²) < 4.78 is 17.9.